The highest BCUT2D eigenvalue weighted by Crippen LogP contribution is 2.15. The summed E-state index contributed by atoms with van der Waals surface area (Å²) in [7, 11) is 0. The van der Waals surface area contributed by atoms with Crippen molar-refractivity contribution in [2.45, 2.75) is 101 Å². The van der Waals surface area contributed by atoms with E-state index < -0.39 is 36.4 Å². The molecule has 0 aliphatic heterocycles. The van der Waals surface area contributed by atoms with Gasteiger partial charge in [0, 0.05) is 12.8 Å². The van der Waals surface area contributed by atoms with Crippen LogP contribution in [0.4, 0.5) is 0 Å². The van der Waals surface area contributed by atoms with Crippen LogP contribution in [0.1, 0.15) is 77.6 Å². The normalized spacial score (nSPS) is 17.0. The topological polar surface area (TPSA) is 161 Å². The molecular weight excluding hydrogens is 378 g/mol. The molecule has 0 aromatic rings. The largest absolute Gasteiger partial charge is 0.480 e. The van der Waals surface area contributed by atoms with E-state index in [0.717, 1.165) is 44.9 Å². The van der Waals surface area contributed by atoms with E-state index in [1.807, 2.05) is 0 Å². The smallest absolute Gasteiger partial charge is 0.328 e. The Kier molecular flexibility index (Phi) is 14.8. The number of carboxylic acids is 1. The van der Waals surface area contributed by atoms with Gasteiger partial charge in [0.25, 0.3) is 0 Å². The Morgan fingerprint density at radius 1 is 0.966 bits per heavy atom. The molecule has 29 heavy (non-hydrogen) atoms. The molecule has 0 amide bonds. The summed E-state index contributed by atoms with van der Waals surface area (Å²) in [6, 6.07) is 0. The van der Waals surface area contributed by atoms with Crippen molar-refractivity contribution in [2.24, 2.45) is 5.73 Å². The molecule has 0 spiro atoms. The van der Waals surface area contributed by atoms with Crippen LogP contribution in [0.5, 0.6) is 0 Å². The minimum absolute atomic E-state index is 0.330. The van der Waals surface area contributed by atoms with Crippen molar-refractivity contribution in [3.8, 4) is 0 Å². The fourth-order valence-electron chi connectivity index (χ4n) is 2.94. The molecule has 0 fully saturated rings. The quantitative estimate of drug-likeness (QED) is 0.144. The highest BCUT2D eigenvalue weighted by atomic mass is 16.4. The van der Waals surface area contributed by atoms with E-state index in [4.69, 9.17) is 15.9 Å². The molecule has 0 heterocycles. The van der Waals surface area contributed by atoms with Gasteiger partial charge in [0.15, 0.2) is 5.54 Å². The van der Waals surface area contributed by atoms with Crippen LogP contribution in [-0.2, 0) is 9.59 Å². The molecule has 8 heteroatoms. The van der Waals surface area contributed by atoms with Gasteiger partial charge in [0.05, 0.1) is 6.61 Å². The summed E-state index contributed by atoms with van der Waals surface area (Å²) in [6.07, 6.45) is 7.50. The zero-order valence-corrected chi connectivity index (χ0v) is 17.5. The lowest BCUT2D eigenvalue weighted by Crippen LogP contribution is -2.65. The summed E-state index contributed by atoms with van der Waals surface area (Å²) in [5.41, 5.74) is 2.93. The van der Waals surface area contributed by atoms with Crippen LogP contribution >= 0.6 is 0 Å². The SMILES string of the molecule is CCCCCCC(=O)CCCCCC/C=C/[C@H](O)[C@@H](O)[C@H](O)[C@](N)(CO)C(=O)O. The van der Waals surface area contributed by atoms with Gasteiger partial charge in [-0.2, -0.15) is 0 Å². The summed E-state index contributed by atoms with van der Waals surface area (Å²) in [4.78, 5) is 22.8. The van der Waals surface area contributed by atoms with Crippen LogP contribution in [0, 0.1) is 0 Å². The summed E-state index contributed by atoms with van der Waals surface area (Å²) in [5.74, 6) is -1.35. The monoisotopic (exact) mass is 417 g/mol. The van der Waals surface area contributed by atoms with Gasteiger partial charge in [-0.1, -0.05) is 51.2 Å². The van der Waals surface area contributed by atoms with Crippen LogP contribution < -0.4 is 5.73 Å². The predicted octanol–water partition coefficient (Wildman–Crippen LogP) is 1.28. The second-order valence-electron chi connectivity index (χ2n) is 7.66. The summed E-state index contributed by atoms with van der Waals surface area (Å²) in [6.45, 7) is 1.06. The fourth-order valence-corrected chi connectivity index (χ4v) is 2.94. The van der Waals surface area contributed by atoms with Crippen molar-refractivity contribution < 1.29 is 35.1 Å². The predicted molar refractivity (Wildman–Crippen MR) is 110 cm³/mol. The van der Waals surface area contributed by atoms with E-state index in [-0.39, 0.29) is 0 Å². The summed E-state index contributed by atoms with van der Waals surface area (Å²) in [5, 5.41) is 47.7. The Morgan fingerprint density at radius 3 is 2.03 bits per heavy atom. The molecule has 0 aromatic carbocycles. The summed E-state index contributed by atoms with van der Waals surface area (Å²) >= 11 is 0. The Morgan fingerprint density at radius 2 is 1.52 bits per heavy atom. The first-order valence-electron chi connectivity index (χ1n) is 10.6. The standard InChI is InChI=1S/C21H39NO7/c1-2-3-4-9-12-16(24)13-10-7-5-6-8-11-14-17(25)18(26)19(27)21(22,15-23)20(28)29/h11,14,17-19,23,25-27H,2-10,12-13,15,22H2,1H3,(H,28,29)/b14-11+/t17-,18+,19-,21+/m0/s1. The third kappa shape index (κ3) is 10.9. The number of carbonyl (C=O) groups excluding carboxylic acids is 1. The van der Waals surface area contributed by atoms with Crippen LogP contribution in [0.15, 0.2) is 12.2 Å². The van der Waals surface area contributed by atoms with Crippen molar-refractivity contribution in [3.05, 3.63) is 12.2 Å². The maximum Gasteiger partial charge on any atom is 0.328 e. The van der Waals surface area contributed by atoms with Crippen molar-refractivity contribution in [2.75, 3.05) is 6.61 Å². The number of hydrogen-bond acceptors (Lipinski definition) is 7. The van der Waals surface area contributed by atoms with Crippen LogP contribution in [-0.4, -0.2) is 67.7 Å². The van der Waals surface area contributed by atoms with Crippen LogP contribution in [0.25, 0.3) is 0 Å². The minimum atomic E-state index is -2.46. The molecule has 0 saturated carbocycles. The van der Waals surface area contributed by atoms with Gasteiger partial charge in [0.1, 0.15) is 24.1 Å². The van der Waals surface area contributed by atoms with Crippen molar-refractivity contribution in [1.82, 2.24) is 0 Å². The third-order valence-electron chi connectivity index (χ3n) is 5.08. The van der Waals surface area contributed by atoms with E-state index in [0.29, 0.717) is 25.0 Å². The molecule has 170 valence electrons. The van der Waals surface area contributed by atoms with Crippen molar-refractivity contribution in [1.29, 1.82) is 0 Å². The molecule has 0 bridgehead atoms. The Labute approximate surface area is 173 Å². The molecule has 4 atom stereocenters. The zero-order valence-electron chi connectivity index (χ0n) is 17.5. The third-order valence-corrected chi connectivity index (χ3v) is 5.08. The molecular formula is C21H39NO7. The van der Waals surface area contributed by atoms with Gasteiger partial charge in [-0.05, 0) is 25.7 Å². The van der Waals surface area contributed by atoms with E-state index in [2.05, 4.69) is 6.92 Å². The van der Waals surface area contributed by atoms with E-state index in [1.165, 1.54) is 12.5 Å². The molecule has 0 aliphatic rings. The molecule has 0 rings (SSSR count). The first-order chi connectivity index (χ1) is 13.7. The van der Waals surface area contributed by atoms with Crippen LogP contribution in [0.2, 0.25) is 0 Å². The average Bonchev–Trinajstić information content (AvgIpc) is 2.70. The number of aliphatic hydroxyl groups excluding tert-OH is 4. The van der Waals surface area contributed by atoms with Gasteiger partial charge in [-0.15, -0.1) is 0 Å². The van der Waals surface area contributed by atoms with E-state index >= 15 is 0 Å². The van der Waals surface area contributed by atoms with Gasteiger partial charge in [0.2, 0.25) is 0 Å². The lowest BCUT2D eigenvalue weighted by atomic mass is 9.88. The van der Waals surface area contributed by atoms with Gasteiger partial charge in [-0.25, -0.2) is 0 Å². The molecule has 0 aromatic heterocycles. The molecule has 8 nitrogen and oxygen atoms in total. The number of ketones is 1. The first-order valence-corrected chi connectivity index (χ1v) is 10.6. The maximum atomic E-state index is 11.7. The number of nitrogens with two attached hydrogens (primary N) is 1. The number of rotatable bonds is 18. The maximum absolute atomic E-state index is 11.7. The fraction of sp³-hybridized carbons (Fsp3) is 0.810. The number of aliphatic carboxylic acids is 1. The number of carbonyl (C=O) groups is 2. The van der Waals surface area contributed by atoms with Gasteiger partial charge >= 0.3 is 5.97 Å². The van der Waals surface area contributed by atoms with Crippen molar-refractivity contribution in [3.63, 3.8) is 0 Å². The summed E-state index contributed by atoms with van der Waals surface area (Å²) < 4.78 is 0. The molecule has 0 unspecified atom stereocenters. The van der Waals surface area contributed by atoms with Gasteiger partial charge < -0.3 is 31.3 Å². The Bertz CT molecular complexity index is 497. The number of unbranched alkanes of at least 4 members (excludes halogenated alkanes) is 7. The number of allylic oxidation sites excluding steroid dienone is 1. The number of hydrogen-bond donors (Lipinski definition) is 6. The molecule has 0 saturated heterocycles. The highest BCUT2D eigenvalue weighted by Gasteiger charge is 2.46. The average molecular weight is 418 g/mol. The molecule has 7 N–H and O–H groups in total. The highest BCUT2D eigenvalue weighted by molar-refractivity contribution is 5.79. The lowest BCUT2D eigenvalue weighted by molar-refractivity contribution is -0.158. The van der Waals surface area contributed by atoms with E-state index in [1.54, 1.807) is 6.08 Å². The Hall–Kier alpha value is -1.32. The number of aliphatic hydroxyl groups is 4. The number of carboxylic acid groups (broad SMARTS) is 1. The number of Topliss-reactive ketones (excluding diaryl/α,β-unsaturated/α-hetero) is 1. The second-order valence-corrected chi connectivity index (χ2v) is 7.66. The van der Waals surface area contributed by atoms with Gasteiger partial charge in [-0.3, -0.25) is 9.59 Å². The van der Waals surface area contributed by atoms with E-state index in [9.17, 15) is 24.9 Å². The molecule has 0 radical (unpaired) electrons. The van der Waals surface area contributed by atoms with Crippen molar-refractivity contribution >= 4 is 11.8 Å². The Balaban J connectivity index is 3.99. The minimum Gasteiger partial charge on any atom is -0.480 e. The molecule has 0 aliphatic carbocycles. The van der Waals surface area contributed by atoms with Crippen LogP contribution in [0.3, 0.4) is 0 Å². The zero-order chi connectivity index (χ0) is 22.3. The first kappa shape index (κ1) is 27.7. The second kappa shape index (κ2) is 15.5. The lowest BCUT2D eigenvalue weighted by Gasteiger charge is -2.32.